The summed E-state index contributed by atoms with van der Waals surface area (Å²) >= 11 is 0. The Balaban J connectivity index is 1.71. The first kappa shape index (κ1) is 11.2. The van der Waals surface area contributed by atoms with Crippen LogP contribution in [0.1, 0.15) is 11.1 Å². The molecule has 0 fully saturated rings. The summed E-state index contributed by atoms with van der Waals surface area (Å²) in [6.07, 6.45) is 1.79. The van der Waals surface area contributed by atoms with Crippen molar-refractivity contribution in [2.24, 2.45) is 0 Å². The summed E-state index contributed by atoms with van der Waals surface area (Å²) in [6.45, 7) is 2.44. The van der Waals surface area contributed by atoms with Gasteiger partial charge < -0.3 is 5.32 Å². The van der Waals surface area contributed by atoms with Crippen LogP contribution in [0.4, 0.5) is 10.2 Å². The monoisotopic (exact) mass is 243 g/mol. The van der Waals surface area contributed by atoms with Gasteiger partial charge in [-0.15, -0.1) is 0 Å². The van der Waals surface area contributed by atoms with Gasteiger partial charge in [0.1, 0.15) is 11.6 Å². The molecule has 1 aromatic carbocycles. The molecule has 0 saturated carbocycles. The molecule has 3 nitrogen and oxygen atoms in total. The summed E-state index contributed by atoms with van der Waals surface area (Å²) in [5.74, 6) is 0.776. The molecule has 92 valence electrons. The molecule has 0 unspecified atom stereocenters. The number of nitrogens with one attached hydrogen (secondary N) is 1. The van der Waals surface area contributed by atoms with Crippen molar-refractivity contribution in [3.05, 3.63) is 59.5 Å². The van der Waals surface area contributed by atoms with E-state index < -0.39 is 0 Å². The van der Waals surface area contributed by atoms with E-state index in [0.717, 1.165) is 31.1 Å². The van der Waals surface area contributed by atoms with Crippen molar-refractivity contribution in [3.8, 4) is 0 Å². The van der Waals surface area contributed by atoms with Crippen molar-refractivity contribution in [3.63, 3.8) is 0 Å². The molecule has 1 aliphatic heterocycles. The summed E-state index contributed by atoms with van der Waals surface area (Å²) in [5, 5.41) is 3.29. The number of fused-ring (bicyclic) bond motifs is 1. The van der Waals surface area contributed by atoms with E-state index in [2.05, 4.69) is 21.3 Å². The molecule has 2 heterocycles. The molecular formula is C14H14FN3. The highest BCUT2D eigenvalue weighted by molar-refractivity contribution is 5.45. The molecule has 1 aliphatic rings. The van der Waals surface area contributed by atoms with Gasteiger partial charge in [-0.05, 0) is 23.8 Å². The van der Waals surface area contributed by atoms with E-state index in [1.807, 2.05) is 18.2 Å². The van der Waals surface area contributed by atoms with Crippen LogP contribution in [-0.4, -0.2) is 16.6 Å². The summed E-state index contributed by atoms with van der Waals surface area (Å²) < 4.78 is 12.8. The number of rotatable bonds is 2. The van der Waals surface area contributed by atoms with Crippen molar-refractivity contribution >= 4 is 5.82 Å². The van der Waals surface area contributed by atoms with E-state index in [0.29, 0.717) is 0 Å². The molecule has 2 aromatic rings. The fourth-order valence-electron chi connectivity index (χ4n) is 2.17. The van der Waals surface area contributed by atoms with Gasteiger partial charge in [0, 0.05) is 24.8 Å². The topological polar surface area (TPSA) is 28.2 Å². The quantitative estimate of drug-likeness (QED) is 0.878. The summed E-state index contributed by atoms with van der Waals surface area (Å²) in [6, 6.07) is 10.7. The number of aromatic nitrogens is 1. The van der Waals surface area contributed by atoms with Gasteiger partial charge in [0.25, 0.3) is 0 Å². The zero-order valence-electron chi connectivity index (χ0n) is 9.94. The highest BCUT2D eigenvalue weighted by Crippen LogP contribution is 2.20. The Morgan fingerprint density at radius 3 is 2.89 bits per heavy atom. The van der Waals surface area contributed by atoms with Gasteiger partial charge in [-0.25, -0.2) is 9.37 Å². The van der Waals surface area contributed by atoms with E-state index in [9.17, 15) is 4.39 Å². The molecule has 0 amide bonds. The van der Waals surface area contributed by atoms with Gasteiger partial charge in [0.15, 0.2) is 0 Å². The molecule has 0 bridgehead atoms. The smallest absolute Gasteiger partial charge is 0.131 e. The van der Waals surface area contributed by atoms with E-state index in [-0.39, 0.29) is 5.82 Å². The van der Waals surface area contributed by atoms with Crippen molar-refractivity contribution in [1.82, 2.24) is 9.88 Å². The molecule has 1 aromatic heterocycles. The Labute approximate surface area is 105 Å². The fraction of sp³-hybridized carbons (Fsp3) is 0.214. The second-order valence-corrected chi connectivity index (χ2v) is 4.46. The Hall–Kier alpha value is -1.94. The second-order valence-electron chi connectivity index (χ2n) is 4.46. The molecule has 0 radical (unpaired) electrons. The lowest BCUT2D eigenvalue weighted by molar-refractivity contribution is 0.266. The van der Waals surface area contributed by atoms with Crippen LogP contribution in [-0.2, 0) is 13.1 Å². The highest BCUT2D eigenvalue weighted by Gasteiger charge is 2.15. The number of anilines is 1. The van der Waals surface area contributed by atoms with Gasteiger partial charge in [-0.1, -0.05) is 18.2 Å². The van der Waals surface area contributed by atoms with E-state index in [1.165, 1.54) is 17.7 Å². The second kappa shape index (κ2) is 4.74. The zero-order valence-corrected chi connectivity index (χ0v) is 9.94. The SMILES string of the molecule is Fc1ccc(CN2CNc3ncccc3C2)cc1. The minimum atomic E-state index is -0.190. The van der Waals surface area contributed by atoms with Crippen LogP contribution in [0.15, 0.2) is 42.6 Å². The van der Waals surface area contributed by atoms with E-state index in [4.69, 9.17) is 0 Å². The number of pyridine rings is 1. The maximum atomic E-state index is 12.8. The fourth-order valence-corrected chi connectivity index (χ4v) is 2.17. The van der Waals surface area contributed by atoms with Crippen LogP contribution in [0.25, 0.3) is 0 Å². The first-order valence-electron chi connectivity index (χ1n) is 5.96. The standard InChI is InChI=1S/C14H14FN3/c15-13-5-3-11(4-6-13)8-18-9-12-2-1-7-16-14(12)17-10-18/h1-7H,8-10H2,(H,16,17). The Morgan fingerprint density at radius 1 is 1.22 bits per heavy atom. The first-order chi connectivity index (χ1) is 8.81. The Kier molecular flexibility index (Phi) is 2.94. The molecule has 0 aliphatic carbocycles. The summed E-state index contributed by atoms with van der Waals surface area (Å²) in [4.78, 5) is 6.55. The van der Waals surface area contributed by atoms with Crippen LogP contribution in [0.5, 0.6) is 0 Å². The van der Waals surface area contributed by atoms with E-state index in [1.54, 1.807) is 6.20 Å². The Morgan fingerprint density at radius 2 is 2.06 bits per heavy atom. The van der Waals surface area contributed by atoms with Crippen LogP contribution in [0.3, 0.4) is 0 Å². The van der Waals surface area contributed by atoms with Crippen molar-refractivity contribution in [2.45, 2.75) is 13.1 Å². The van der Waals surface area contributed by atoms with Crippen LogP contribution >= 0.6 is 0 Å². The molecular weight excluding hydrogens is 229 g/mol. The minimum Gasteiger partial charge on any atom is -0.357 e. The van der Waals surface area contributed by atoms with Crippen LogP contribution in [0.2, 0.25) is 0 Å². The van der Waals surface area contributed by atoms with Gasteiger partial charge in [-0.2, -0.15) is 0 Å². The molecule has 3 rings (SSSR count). The Bertz CT molecular complexity index is 539. The van der Waals surface area contributed by atoms with Crippen LogP contribution in [0, 0.1) is 5.82 Å². The minimum absolute atomic E-state index is 0.190. The molecule has 18 heavy (non-hydrogen) atoms. The van der Waals surface area contributed by atoms with Gasteiger partial charge >= 0.3 is 0 Å². The van der Waals surface area contributed by atoms with Crippen molar-refractivity contribution < 1.29 is 4.39 Å². The average molecular weight is 243 g/mol. The molecule has 0 saturated heterocycles. The number of hydrogen-bond acceptors (Lipinski definition) is 3. The first-order valence-corrected chi connectivity index (χ1v) is 5.96. The molecule has 4 heteroatoms. The number of nitrogens with zero attached hydrogens (tertiary/aromatic N) is 2. The maximum absolute atomic E-state index is 12.8. The predicted molar refractivity (Wildman–Crippen MR) is 68.4 cm³/mol. The third-order valence-electron chi connectivity index (χ3n) is 3.07. The number of benzene rings is 1. The average Bonchev–Trinajstić information content (AvgIpc) is 2.41. The lowest BCUT2D eigenvalue weighted by Crippen LogP contribution is -2.33. The van der Waals surface area contributed by atoms with Crippen molar-refractivity contribution in [1.29, 1.82) is 0 Å². The van der Waals surface area contributed by atoms with Gasteiger partial charge in [0.2, 0.25) is 0 Å². The summed E-state index contributed by atoms with van der Waals surface area (Å²) in [5.41, 5.74) is 2.32. The van der Waals surface area contributed by atoms with Crippen LogP contribution < -0.4 is 5.32 Å². The summed E-state index contributed by atoms with van der Waals surface area (Å²) in [7, 11) is 0. The molecule has 0 spiro atoms. The maximum Gasteiger partial charge on any atom is 0.131 e. The lowest BCUT2D eigenvalue weighted by Gasteiger charge is -2.29. The zero-order chi connectivity index (χ0) is 12.4. The largest absolute Gasteiger partial charge is 0.357 e. The third-order valence-corrected chi connectivity index (χ3v) is 3.07. The number of halogens is 1. The lowest BCUT2D eigenvalue weighted by atomic mass is 10.1. The molecule has 0 atom stereocenters. The van der Waals surface area contributed by atoms with E-state index >= 15 is 0 Å². The number of hydrogen-bond donors (Lipinski definition) is 1. The highest BCUT2D eigenvalue weighted by atomic mass is 19.1. The van der Waals surface area contributed by atoms with Gasteiger partial charge in [0.05, 0.1) is 6.67 Å². The van der Waals surface area contributed by atoms with Crippen molar-refractivity contribution in [2.75, 3.05) is 12.0 Å². The van der Waals surface area contributed by atoms with Gasteiger partial charge in [-0.3, -0.25) is 4.90 Å². The molecule has 1 N–H and O–H groups in total. The predicted octanol–water partition coefficient (Wildman–Crippen LogP) is 2.61. The third kappa shape index (κ3) is 2.33. The normalized spacial score (nSPS) is 14.9.